The van der Waals surface area contributed by atoms with Crippen LogP contribution in [0.15, 0.2) is 29.3 Å². The first-order chi connectivity index (χ1) is 11.6. The number of benzene rings is 1. The highest BCUT2D eigenvalue weighted by Crippen LogP contribution is 2.30. The van der Waals surface area contributed by atoms with Crippen molar-refractivity contribution < 1.29 is 9.59 Å². The van der Waals surface area contributed by atoms with E-state index in [0.29, 0.717) is 27.5 Å². The number of piperidine rings is 1. The first-order valence-electron chi connectivity index (χ1n) is 8.09. The Morgan fingerprint density at radius 1 is 1.42 bits per heavy atom. The standard InChI is InChI=1S/C17H20ClN3O2S/c1-12-5-4-8-20(10-12)16(23)11-24-17-19-9-15(22)21(17)14-7-3-2-6-13(14)18/h2-3,6-7,12H,4-5,8-11H2,1H3/t12-/m1/s1. The maximum absolute atomic E-state index is 12.4. The molecule has 0 unspecified atom stereocenters. The minimum atomic E-state index is -0.121. The van der Waals surface area contributed by atoms with Crippen LogP contribution >= 0.6 is 23.4 Å². The number of carbonyl (C=O) groups excluding carboxylic acids is 2. The summed E-state index contributed by atoms with van der Waals surface area (Å²) in [6.45, 7) is 3.91. The highest BCUT2D eigenvalue weighted by atomic mass is 35.5. The van der Waals surface area contributed by atoms with Crippen LogP contribution < -0.4 is 4.90 Å². The van der Waals surface area contributed by atoms with Crippen molar-refractivity contribution in [2.45, 2.75) is 19.8 Å². The Morgan fingerprint density at radius 2 is 2.21 bits per heavy atom. The van der Waals surface area contributed by atoms with Crippen LogP contribution in [0, 0.1) is 5.92 Å². The summed E-state index contributed by atoms with van der Waals surface area (Å²) >= 11 is 7.51. The molecule has 0 saturated carbocycles. The number of anilines is 1. The number of aliphatic imine (C=N–C) groups is 1. The molecule has 2 amide bonds. The number of likely N-dealkylation sites (tertiary alicyclic amines) is 1. The number of nitrogens with zero attached hydrogens (tertiary/aromatic N) is 3. The van der Waals surface area contributed by atoms with E-state index in [2.05, 4.69) is 11.9 Å². The van der Waals surface area contributed by atoms with Gasteiger partial charge in [0.25, 0.3) is 5.91 Å². The van der Waals surface area contributed by atoms with E-state index in [0.717, 1.165) is 19.5 Å². The van der Waals surface area contributed by atoms with Crippen LogP contribution in [0.5, 0.6) is 0 Å². The van der Waals surface area contributed by atoms with Gasteiger partial charge >= 0.3 is 0 Å². The van der Waals surface area contributed by atoms with Gasteiger partial charge in [-0.2, -0.15) is 0 Å². The average Bonchev–Trinajstić information content (AvgIpc) is 2.94. The Bertz CT molecular complexity index is 680. The molecule has 2 aliphatic heterocycles. The lowest BCUT2D eigenvalue weighted by Crippen LogP contribution is -2.40. The molecule has 1 saturated heterocycles. The lowest BCUT2D eigenvalue weighted by atomic mass is 10.0. The van der Waals surface area contributed by atoms with Crippen LogP contribution in [0.1, 0.15) is 19.8 Å². The lowest BCUT2D eigenvalue weighted by Gasteiger charge is -2.31. The zero-order chi connectivity index (χ0) is 17.1. The third kappa shape index (κ3) is 3.75. The van der Waals surface area contributed by atoms with Crippen molar-refractivity contribution in [2.24, 2.45) is 10.9 Å². The van der Waals surface area contributed by atoms with Crippen LogP contribution in [-0.2, 0) is 9.59 Å². The number of thioether (sulfide) groups is 1. The van der Waals surface area contributed by atoms with Gasteiger partial charge in [-0.1, -0.05) is 42.4 Å². The minimum absolute atomic E-state index is 0.0997. The Hall–Kier alpha value is -1.53. The molecule has 24 heavy (non-hydrogen) atoms. The van der Waals surface area contributed by atoms with Crippen molar-refractivity contribution >= 4 is 46.0 Å². The molecule has 0 bridgehead atoms. The number of amides is 2. The summed E-state index contributed by atoms with van der Waals surface area (Å²) < 4.78 is 0. The van der Waals surface area contributed by atoms with Crippen molar-refractivity contribution in [1.29, 1.82) is 0 Å². The summed E-state index contributed by atoms with van der Waals surface area (Å²) in [6.07, 6.45) is 2.24. The largest absolute Gasteiger partial charge is 0.342 e. The van der Waals surface area contributed by atoms with Crippen LogP contribution in [0.2, 0.25) is 5.02 Å². The normalized spacial score (nSPS) is 21.2. The zero-order valence-electron chi connectivity index (χ0n) is 13.6. The summed E-state index contributed by atoms with van der Waals surface area (Å²) in [5.74, 6) is 0.829. The van der Waals surface area contributed by atoms with Gasteiger partial charge in [-0.25, -0.2) is 0 Å². The predicted molar refractivity (Wildman–Crippen MR) is 98.7 cm³/mol. The van der Waals surface area contributed by atoms with Crippen molar-refractivity contribution in [3.63, 3.8) is 0 Å². The van der Waals surface area contributed by atoms with E-state index in [4.69, 9.17) is 11.6 Å². The third-order valence-corrected chi connectivity index (χ3v) is 5.50. The highest BCUT2D eigenvalue weighted by Gasteiger charge is 2.30. The lowest BCUT2D eigenvalue weighted by molar-refractivity contribution is -0.130. The second-order valence-corrected chi connectivity index (χ2v) is 7.50. The molecule has 1 aromatic rings. The van der Waals surface area contributed by atoms with E-state index in [1.807, 2.05) is 17.0 Å². The van der Waals surface area contributed by atoms with E-state index in [-0.39, 0.29) is 18.4 Å². The van der Waals surface area contributed by atoms with Crippen LogP contribution in [0.25, 0.3) is 0 Å². The molecule has 2 aliphatic rings. The first-order valence-corrected chi connectivity index (χ1v) is 9.45. The Morgan fingerprint density at radius 3 is 2.96 bits per heavy atom. The van der Waals surface area contributed by atoms with E-state index in [9.17, 15) is 9.59 Å². The van der Waals surface area contributed by atoms with E-state index in [1.54, 1.807) is 12.1 Å². The zero-order valence-corrected chi connectivity index (χ0v) is 15.1. The molecule has 128 valence electrons. The molecule has 1 atom stereocenters. The van der Waals surface area contributed by atoms with Gasteiger partial charge in [-0.15, -0.1) is 0 Å². The van der Waals surface area contributed by atoms with Crippen LogP contribution in [0.4, 0.5) is 5.69 Å². The Kier molecular flexibility index (Phi) is 5.46. The fourth-order valence-electron chi connectivity index (χ4n) is 3.00. The van der Waals surface area contributed by atoms with Gasteiger partial charge < -0.3 is 4.90 Å². The second kappa shape index (κ2) is 7.57. The molecule has 1 fully saturated rings. The topological polar surface area (TPSA) is 53.0 Å². The van der Waals surface area contributed by atoms with Crippen molar-refractivity contribution in [2.75, 3.05) is 30.3 Å². The van der Waals surface area contributed by atoms with Gasteiger partial charge in [0.05, 0.1) is 16.5 Å². The molecule has 0 spiro atoms. The molecule has 1 aromatic carbocycles. The predicted octanol–water partition coefficient (Wildman–Crippen LogP) is 3.03. The van der Waals surface area contributed by atoms with E-state index in [1.165, 1.54) is 23.1 Å². The number of halogens is 1. The maximum atomic E-state index is 12.4. The summed E-state index contributed by atoms with van der Waals surface area (Å²) in [7, 11) is 0. The molecule has 7 heteroatoms. The van der Waals surface area contributed by atoms with Gasteiger partial charge in [0.15, 0.2) is 5.17 Å². The molecule has 0 N–H and O–H groups in total. The summed E-state index contributed by atoms with van der Waals surface area (Å²) in [4.78, 5) is 32.3. The summed E-state index contributed by atoms with van der Waals surface area (Å²) in [5, 5.41) is 1.05. The van der Waals surface area contributed by atoms with Crippen molar-refractivity contribution in [3.8, 4) is 0 Å². The van der Waals surface area contributed by atoms with Gasteiger partial charge in [-0.3, -0.25) is 19.5 Å². The first kappa shape index (κ1) is 17.3. The quantitative estimate of drug-likeness (QED) is 0.827. The van der Waals surface area contributed by atoms with Crippen molar-refractivity contribution in [1.82, 2.24) is 4.90 Å². The van der Waals surface area contributed by atoms with E-state index >= 15 is 0 Å². The number of amidine groups is 1. The minimum Gasteiger partial charge on any atom is -0.342 e. The van der Waals surface area contributed by atoms with Gasteiger partial charge in [-0.05, 0) is 30.9 Å². The van der Waals surface area contributed by atoms with Gasteiger partial charge in [0.1, 0.15) is 6.54 Å². The van der Waals surface area contributed by atoms with E-state index < -0.39 is 0 Å². The highest BCUT2D eigenvalue weighted by molar-refractivity contribution is 8.14. The molecular formula is C17H20ClN3O2S. The number of hydrogen-bond donors (Lipinski definition) is 0. The molecular weight excluding hydrogens is 346 g/mol. The number of rotatable bonds is 3. The van der Waals surface area contributed by atoms with Crippen LogP contribution in [0.3, 0.4) is 0 Å². The number of carbonyl (C=O) groups is 2. The van der Waals surface area contributed by atoms with Gasteiger partial charge in [0, 0.05) is 13.1 Å². The fraction of sp³-hybridized carbons (Fsp3) is 0.471. The van der Waals surface area contributed by atoms with Crippen molar-refractivity contribution in [3.05, 3.63) is 29.3 Å². The van der Waals surface area contributed by atoms with Crippen LogP contribution in [-0.4, -0.2) is 47.3 Å². The molecule has 0 radical (unpaired) electrons. The maximum Gasteiger partial charge on any atom is 0.254 e. The molecule has 2 heterocycles. The Balaban J connectivity index is 1.65. The molecule has 5 nitrogen and oxygen atoms in total. The molecule has 0 aliphatic carbocycles. The second-order valence-electron chi connectivity index (χ2n) is 6.16. The Labute approximate surface area is 151 Å². The number of para-hydroxylation sites is 1. The fourth-order valence-corrected chi connectivity index (χ4v) is 4.14. The molecule has 0 aromatic heterocycles. The van der Waals surface area contributed by atoms with Gasteiger partial charge in [0.2, 0.25) is 5.91 Å². The summed E-state index contributed by atoms with van der Waals surface area (Å²) in [6, 6.07) is 7.17. The third-order valence-electron chi connectivity index (χ3n) is 4.22. The summed E-state index contributed by atoms with van der Waals surface area (Å²) in [5.41, 5.74) is 0.618. The molecule has 3 rings (SSSR count). The monoisotopic (exact) mass is 365 g/mol. The average molecular weight is 366 g/mol. The smallest absolute Gasteiger partial charge is 0.254 e. The number of hydrogen-bond acceptors (Lipinski definition) is 4. The SMILES string of the molecule is C[C@@H]1CCCN(C(=O)CSC2=NCC(=O)N2c2ccccc2Cl)C1.